The van der Waals surface area contributed by atoms with Crippen LogP contribution in [0.2, 0.25) is 0 Å². The Morgan fingerprint density at radius 3 is 2.60 bits per heavy atom. The highest BCUT2D eigenvalue weighted by Crippen LogP contribution is 2.20. The minimum absolute atomic E-state index is 0.127. The van der Waals surface area contributed by atoms with Crippen LogP contribution in [0.25, 0.3) is 0 Å². The summed E-state index contributed by atoms with van der Waals surface area (Å²) in [6.07, 6.45) is 1.27. The maximum absolute atomic E-state index is 12.1. The molecule has 7 nitrogen and oxygen atoms in total. The summed E-state index contributed by atoms with van der Waals surface area (Å²) in [6.45, 7) is 7.76. The Balaban J connectivity index is 2.63. The number of rotatable bonds is 5. The molecule has 1 unspecified atom stereocenters. The van der Waals surface area contributed by atoms with E-state index >= 15 is 0 Å². The Kier molecular flexibility index (Phi) is 5.93. The Morgan fingerprint density at radius 1 is 1.40 bits per heavy atom. The lowest BCUT2D eigenvalue weighted by atomic mass is 10.0. The van der Waals surface area contributed by atoms with E-state index in [0.29, 0.717) is 26.0 Å². The Labute approximate surface area is 120 Å². The summed E-state index contributed by atoms with van der Waals surface area (Å²) in [7, 11) is -3.74. The summed E-state index contributed by atoms with van der Waals surface area (Å²) in [5.41, 5.74) is -0.622. The molecule has 1 heterocycles. The van der Waals surface area contributed by atoms with E-state index in [2.05, 4.69) is 4.89 Å². The van der Waals surface area contributed by atoms with E-state index in [1.54, 1.807) is 27.7 Å². The molecule has 8 heteroatoms. The molecule has 0 aromatic carbocycles. The van der Waals surface area contributed by atoms with Crippen molar-refractivity contribution in [2.45, 2.75) is 46.1 Å². The average molecular weight is 308 g/mol. The molecular formula is C12H24N2O5S. The van der Waals surface area contributed by atoms with Crippen molar-refractivity contribution in [3.05, 3.63) is 0 Å². The second-order valence-electron chi connectivity index (χ2n) is 5.75. The number of piperidine rings is 1. The fraction of sp³-hybridized carbons (Fsp3) is 0.917. The van der Waals surface area contributed by atoms with Gasteiger partial charge in [-0.3, -0.25) is 9.63 Å². The lowest BCUT2D eigenvalue weighted by molar-refractivity contribution is -0.149. The normalized spacial score (nSPS) is 21.7. The van der Waals surface area contributed by atoms with Gasteiger partial charge in [0.2, 0.25) is 0 Å². The van der Waals surface area contributed by atoms with E-state index in [9.17, 15) is 13.2 Å². The first-order chi connectivity index (χ1) is 9.15. The molecule has 1 saturated heterocycles. The van der Waals surface area contributed by atoms with E-state index in [0.717, 1.165) is 0 Å². The van der Waals surface area contributed by atoms with Crippen LogP contribution in [0.15, 0.2) is 0 Å². The lowest BCUT2D eigenvalue weighted by Gasteiger charge is -2.31. The Hall–Kier alpha value is -0.700. The smallest absolute Gasteiger partial charge is 0.310 e. The number of hydrogen-bond donors (Lipinski definition) is 1. The molecule has 0 radical (unpaired) electrons. The van der Waals surface area contributed by atoms with Gasteiger partial charge in [0.1, 0.15) is 0 Å². The van der Waals surface area contributed by atoms with Gasteiger partial charge in [0, 0.05) is 13.1 Å². The Morgan fingerprint density at radius 2 is 2.05 bits per heavy atom. The number of nitrogens with zero attached hydrogens (tertiary/aromatic N) is 1. The fourth-order valence-electron chi connectivity index (χ4n) is 1.84. The molecule has 0 aromatic rings. The average Bonchev–Trinajstić information content (AvgIpc) is 2.36. The summed E-state index contributed by atoms with van der Waals surface area (Å²) < 4.78 is 30.4. The molecule has 0 saturated carbocycles. The molecule has 118 valence electrons. The molecule has 1 aliphatic heterocycles. The van der Waals surface area contributed by atoms with E-state index in [-0.39, 0.29) is 12.5 Å². The zero-order valence-electron chi connectivity index (χ0n) is 12.5. The number of carbonyl (C=O) groups excluding carboxylic acids is 1. The number of hydrogen-bond acceptors (Lipinski definition) is 5. The molecule has 20 heavy (non-hydrogen) atoms. The van der Waals surface area contributed by atoms with Gasteiger partial charge in [0.15, 0.2) is 0 Å². The van der Waals surface area contributed by atoms with Crippen molar-refractivity contribution in [1.29, 1.82) is 0 Å². The van der Waals surface area contributed by atoms with E-state index in [4.69, 9.17) is 9.57 Å². The second-order valence-corrected chi connectivity index (χ2v) is 7.39. The van der Waals surface area contributed by atoms with Crippen LogP contribution < -0.4 is 4.89 Å². The molecule has 0 amide bonds. The summed E-state index contributed by atoms with van der Waals surface area (Å²) in [4.78, 5) is 18.9. The third-order valence-electron chi connectivity index (χ3n) is 2.80. The predicted molar refractivity (Wildman–Crippen MR) is 73.8 cm³/mol. The summed E-state index contributed by atoms with van der Waals surface area (Å²) in [5.74, 6) is -0.751. The monoisotopic (exact) mass is 308 g/mol. The van der Waals surface area contributed by atoms with E-state index < -0.39 is 21.7 Å². The third kappa shape index (κ3) is 5.35. The van der Waals surface area contributed by atoms with Crippen molar-refractivity contribution in [2.75, 3.05) is 19.7 Å². The number of ether oxygens (including phenoxy) is 1. The summed E-state index contributed by atoms with van der Waals surface area (Å²) in [6, 6.07) is 0. The molecule has 0 spiro atoms. The zero-order valence-corrected chi connectivity index (χ0v) is 13.3. The largest absolute Gasteiger partial charge is 0.466 e. The highest BCUT2D eigenvalue weighted by molar-refractivity contribution is 7.87. The van der Waals surface area contributed by atoms with Crippen molar-refractivity contribution in [3.8, 4) is 0 Å². The highest BCUT2D eigenvalue weighted by Gasteiger charge is 2.33. The van der Waals surface area contributed by atoms with Crippen LogP contribution >= 0.6 is 0 Å². The first kappa shape index (κ1) is 17.4. The molecule has 1 atom stereocenters. The van der Waals surface area contributed by atoms with Gasteiger partial charge in [0.05, 0.1) is 18.1 Å². The van der Waals surface area contributed by atoms with Gasteiger partial charge in [-0.1, -0.05) is 4.89 Å². The van der Waals surface area contributed by atoms with Gasteiger partial charge in [-0.25, -0.2) is 0 Å². The van der Waals surface area contributed by atoms with Crippen molar-refractivity contribution in [1.82, 2.24) is 9.19 Å². The first-order valence-corrected chi connectivity index (χ1v) is 8.21. The molecule has 1 fully saturated rings. The van der Waals surface area contributed by atoms with Crippen LogP contribution in [0, 0.1) is 5.92 Å². The maximum Gasteiger partial charge on any atom is 0.310 e. The van der Waals surface area contributed by atoms with Crippen LogP contribution in [0.4, 0.5) is 0 Å². The van der Waals surface area contributed by atoms with E-state index in [1.807, 2.05) is 0 Å². The third-order valence-corrected chi connectivity index (χ3v) is 4.10. The van der Waals surface area contributed by atoms with Gasteiger partial charge >= 0.3 is 16.2 Å². The molecule has 0 bridgehead atoms. The standard InChI is InChI=1S/C12H24N2O5S/c1-5-18-11(15)10-7-6-8-14(9-10)20(16,17)13-19-12(2,3)4/h10,13H,5-9H2,1-4H3. The van der Waals surface area contributed by atoms with Gasteiger partial charge < -0.3 is 4.74 Å². The zero-order chi connectivity index (χ0) is 15.4. The number of esters is 1. The predicted octanol–water partition coefficient (Wildman–Crippen LogP) is 0.826. The highest BCUT2D eigenvalue weighted by atomic mass is 32.2. The molecular weight excluding hydrogens is 284 g/mol. The van der Waals surface area contributed by atoms with Crippen LogP contribution in [0.5, 0.6) is 0 Å². The van der Waals surface area contributed by atoms with Crippen molar-refractivity contribution in [2.24, 2.45) is 5.92 Å². The van der Waals surface area contributed by atoms with Gasteiger partial charge in [-0.2, -0.15) is 12.7 Å². The van der Waals surface area contributed by atoms with Crippen LogP contribution in [0.1, 0.15) is 40.5 Å². The van der Waals surface area contributed by atoms with Crippen LogP contribution in [-0.4, -0.2) is 44.0 Å². The molecule has 1 N–H and O–H groups in total. The number of nitrogens with one attached hydrogen (secondary N) is 1. The molecule has 0 aliphatic carbocycles. The molecule has 0 aromatic heterocycles. The van der Waals surface area contributed by atoms with Crippen LogP contribution in [-0.2, 0) is 24.6 Å². The first-order valence-electron chi connectivity index (χ1n) is 6.77. The van der Waals surface area contributed by atoms with Crippen molar-refractivity contribution >= 4 is 16.2 Å². The van der Waals surface area contributed by atoms with Crippen molar-refractivity contribution in [3.63, 3.8) is 0 Å². The quantitative estimate of drug-likeness (QED) is 0.600. The summed E-state index contributed by atoms with van der Waals surface area (Å²) in [5, 5.41) is 0. The minimum Gasteiger partial charge on any atom is -0.466 e. The lowest BCUT2D eigenvalue weighted by Crippen LogP contribution is -2.49. The van der Waals surface area contributed by atoms with Crippen molar-refractivity contribution < 1.29 is 22.8 Å². The molecule has 1 aliphatic rings. The van der Waals surface area contributed by atoms with Gasteiger partial charge in [-0.15, -0.1) is 0 Å². The topological polar surface area (TPSA) is 84.9 Å². The molecule has 1 rings (SSSR count). The summed E-state index contributed by atoms with van der Waals surface area (Å²) >= 11 is 0. The second kappa shape index (κ2) is 6.84. The SMILES string of the molecule is CCOC(=O)C1CCCN(S(=O)(=O)NOC(C)(C)C)C1. The Bertz CT molecular complexity index is 430. The van der Waals surface area contributed by atoms with Gasteiger partial charge in [0.25, 0.3) is 0 Å². The van der Waals surface area contributed by atoms with E-state index in [1.165, 1.54) is 4.31 Å². The van der Waals surface area contributed by atoms with Gasteiger partial charge in [-0.05, 0) is 40.5 Å². The number of carbonyl (C=O) groups is 1. The fourth-order valence-corrected chi connectivity index (χ4v) is 3.05. The minimum atomic E-state index is -3.74. The maximum atomic E-state index is 12.1. The van der Waals surface area contributed by atoms with Crippen LogP contribution in [0.3, 0.4) is 0 Å².